The summed E-state index contributed by atoms with van der Waals surface area (Å²) in [6.07, 6.45) is -1.07. The number of carbonyl (C=O) groups excluding carboxylic acids is 1. The molecule has 7 nitrogen and oxygen atoms in total. The molecular weight excluding hydrogens is 435 g/mol. The molecule has 0 spiro atoms. The van der Waals surface area contributed by atoms with Crippen molar-refractivity contribution in [1.29, 1.82) is 0 Å². The SMILES string of the molecule is Cc1cc(=O)c(C(=O)NCc2ccc(-n3cccn3)cc2)nn1-c1cccc(C(F)(F)F)c1. The van der Waals surface area contributed by atoms with E-state index in [9.17, 15) is 22.8 Å². The summed E-state index contributed by atoms with van der Waals surface area (Å²) in [4.78, 5) is 25.0. The maximum Gasteiger partial charge on any atom is 0.416 e. The number of rotatable bonds is 5. The molecule has 2 aromatic heterocycles. The van der Waals surface area contributed by atoms with Gasteiger partial charge in [0.15, 0.2) is 5.69 Å². The van der Waals surface area contributed by atoms with E-state index in [-0.39, 0.29) is 12.2 Å². The molecule has 0 aliphatic rings. The number of nitrogens with one attached hydrogen (secondary N) is 1. The molecule has 2 aromatic carbocycles. The van der Waals surface area contributed by atoms with Crippen molar-refractivity contribution in [1.82, 2.24) is 24.9 Å². The van der Waals surface area contributed by atoms with E-state index in [1.807, 2.05) is 12.1 Å². The van der Waals surface area contributed by atoms with Crippen molar-refractivity contribution in [2.75, 3.05) is 0 Å². The number of aromatic nitrogens is 4. The summed E-state index contributed by atoms with van der Waals surface area (Å²) < 4.78 is 42.1. The summed E-state index contributed by atoms with van der Waals surface area (Å²) in [6.45, 7) is 1.66. The number of carbonyl (C=O) groups is 1. The average molecular weight is 453 g/mol. The van der Waals surface area contributed by atoms with Gasteiger partial charge < -0.3 is 5.32 Å². The van der Waals surface area contributed by atoms with Gasteiger partial charge in [0.1, 0.15) is 0 Å². The molecule has 0 bridgehead atoms. The second kappa shape index (κ2) is 8.73. The molecule has 0 fully saturated rings. The van der Waals surface area contributed by atoms with Crippen molar-refractivity contribution in [3.8, 4) is 11.4 Å². The van der Waals surface area contributed by atoms with E-state index in [0.29, 0.717) is 5.69 Å². The van der Waals surface area contributed by atoms with Crippen LogP contribution in [0.4, 0.5) is 13.2 Å². The maximum atomic E-state index is 13.1. The third-order valence-corrected chi connectivity index (χ3v) is 4.90. The van der Waals surface area contributed by atoms with Crippen LogP contribution in [0, 0.1) is 6.92 Å². The van der Waals surface area contributed by atoms with Gasteiger partial charge in [0.05, 0.1) is 16.9 Å². The van der Waals surface area contributed by atoms with Gasteiger partial charge >= 0.3 is 6.18 Å². The van der Waals surface area contributed by atoms with Gasteiger partial charge in [-0.1, -0.05) is 18.2 Å². The summed E-state index contributed by atoms with van der Waals surface area (Å²) in [5, 5.41) is 10.8. The fraction of sp³-hybridized carbons (Fsp3) is 0.130. The first-order valence-corrected chi connectivity index (χ1v) is 9.88. The maximum absolute atomic E-state index is 13.1. The molecule has 1 amide bonds. The van der Waals surface area contributed by atoms with E-state index in [1.165, 1.54) is 25.1 Å². The Morgan fingerprint density at radius 2 is 1.79 bits per heavy atom. The van der Waals surface area contributed by atoms with E-state index in [0.717, 1.165) is 28.1 Å². The van der Waals surface area contributed by atoms with Gasteiger partial charge in [-0.15, -0.1) is 0 Å². The molecule has 0 aliphatic carbocycles. The van der Waals surface area contributed by atoms with Gasteiger partial charge in [-0.25, -0.2) is 9.36 Å². The van der Waals surface area contributed by atoms with E-state index in [4.69, 9.17) is 0 Å². The van der Waals surface area contributed by atoms with E-state index in [1.54, 1.807) is 35.3 Å². The standard InChI is InChI=1S/C23H18F3N5O2/c1-15-12-20(32)21(29-31(15)19-5-2-4-17(13-19)23(24,25)26)22(33)27-14-16-6-8-18(9-7-16)30-11-3-10-28-30/h2-13H,14H2,1H3,(H,27,33). The highest BCUT2D eigenvalue weighted by atomic mass is 19.4. The van der Waals surface area contributed by atoms with Gasteiger partial charge in [-0.05, 0) is 48.9 Å². The molecule has 4 aromatic rings. The lowest BCUT2D eigenvalue weighted by atomic mass is 10.2. The number of alkyl halides is 3. The molecule has 1 N–H and O–H groups in total. The van der Waals surface area contributed by atoms with Crippen molar-refractivity contribution >= 4 is 5.91 Å². The van der Waals surface area contributed by atoms with Gasteiger partial charge in [0.2, 0.25) is 5.43 Å². The number of nitrogens with zero attached hydrogens (tertiary/aromatic N) is 4. The van der Waals surface area contributed by atoms with Crippen molar-refractivity contribution < 1.29 is 18.0 Å². The molecule has 0 saturated carbocycles. The first-order chi connectivity index (χ1) is 15.7. The first-order valence-electron chi connectivity index (χ1n) is 9.88. The van der Waals surface area contributed by atoms with Crippen molar-refractivity contribution in [2.24, 2.45) is 0 Å². The van der Waals surface area contributed by atoms with E-state index < -0.39 is 28.8 Å². The lowest BCUT2D eigenvalue weighted by Gasteiger charge is -2.13. The Morgan fingerprint density at radius 3 is 2.45 bits per heavy atom. The largest absolute Gasteiger partial charge is 0.416 e. The van der Waals surface area contributed by atoms with Gasteiger partial charge in [0.25, 0.3) is 5.91 Å². The van der Waals surface area contributed by atoms with Crippen LogP contribution in [0.15, 0.2) is 77.9 Å². The zero-order chi connectivity index (χ0) is 23.6. The summed E-state index contributed by atoms with van der Waals surface area (Å²) in [6, 6.07) is 14.8. The minimum atomic E-state index is -4.53. The number of hydrogen-bond acceptors (Lipinski definition) is 4. The Morgan fingerprint density at radius 1 is 1.03 bits per heavy atom. The van der Waals surface area contributed by atoms with Crippen LogP contribution >= 0.6 is 0 Å². The quantitative estimate of drug-likeness (QED) is 0.500. The molecule has 0 radical (unpaired) electrons. The van der Waals surface area contributed by atoms with Crippen molar-refractivity contribution in [3.05, 3.63) is 106 Å². The molecule has 0 unspecified atom stereocenters. The van der Waals surface area contributed by atoms with Crippen LogP contribution in [0.2, 0.25) is 0 Å². The third-order valence-electron chi connectivity index (χ3n) is 4.90. The molecule has 4 rings (SSSR count). The zero-order valence-electron chi connectivity index (χ0n) is 17.4. The Balaban J connectivity index is 1.54. The predicted molar refractivity (Wildman–Crippen MR) is 114 cm³/mol. The normalized spacial score (nSPS) is 11.4. The van der Waals surface area contributed by atoms with Crippen molar-refractivity contribution in [2.45, 2.75) is 19.6 Å². The highest BCUT2D eigenvalue weighted by Gasteiger charge is 2.30. The number of hydrogen-bond donors (Lipinski definition) is 1. The lowest BCUT2D eigenvalue weighted by molar-refractivity contribution is -0.137. The number of aryl methyl sites for hydroxylation is 1. The van der Waals surface area contributed by atoms with Gasteiger partial charge in [-0.3, -0.25) is 9.59 Å². The molecule has 0 atom stereocenters. The molecule has 10 heteroatoms. The van der Waals surface area contributed by atoms with Crippen LogP contribution in [0.3, 0.4) is 0 Å². The Bertz CT molecular complexity index is 1340. The Hall–Kier alpha value is -4.21. The first kappa shape index (κ1) is 22.0. The summed E-state index contributed by atoms with van der Waals surface area (Å²) in [5.41, 5.74) is 0.123. The van der Waals surface area contributed by atoms with Crippen molar-refractivity contribution in [3.63, 3.8) is 0 Å². The minimum absolute atomic E-state index is 0.0885. The smallest absolute Gasteiger partial charge is 0.346 e. The van der Waals surface area contributed by atoms with Crippen LogP contribution in [-0.4, -0.2) is 25.5 Å². The summed E-state index contributed by atoms with van der Waals surface area (Å²) in [7, 11) is 0. The van der Waals surface area contributed by atoms with Crippen LogP contribution < -0.4 is 10.7 Å². The second-order valence-electron chi connectivity index (χ2n) is 7.26. The van der Waals surface area contributed by atoms with Crippen LogP contribution in [0.5, 0.6) is 0 Å². The zero-order valence-corrected chi connectivity index (χ0v) is 17.4. The minimum Gasteiger partial charge on any atom is -0.346 e. The third kappa shape index (κ3) is 4.84. The monoisotopic (exact) mass is 453 g/mol. The molecule has 0 aliphatic heterocycles. The fourth-order valence-corrected chi connectivity index (χ4v) is 3.23. The topological polar surface area (TPSA) is 81.8 Å². The lowest BCUT2D eigenvalue weighted by Crippen LogP contribution is -2.31. The molecule has 33 heavy (non-hydrogen) atoms. The van der Waals surface area contributed by atoms with Gasteiger partial charge in [-0.2, -0.15) is 23.4 Å². The summed E-state index contributed by atoms with van der Waals surface area (Å²) in [5.74, 6) is -0.725. The molecule has 168 valence electrons. The highest BCUT2D eigenvalue weighted by Crippen LogP contribution is 2.30. The van der Waals surface area contributed by atoms with Crippen LogP contribution in [0.1, 0.15) is 27.3 Å². The molecule has 2 heterocycles. The summed E-state index contributed by atoms with van der Waals surface area (Å²) >= 11 is 0. The van der Waals surface area contributed by atoms with Gasteiger partial charge in [0, 0.05) is 30.7 Å². The number of benzene rings is 2. The number of halogens is 3. The second-order valence-corrected chi connectivity index (χ2v) is 7.26. The van der Waals surface area contributed by atoms with E-state index in [2.05, 4.69) is 15.5 Å². The van der Waals surface area contributed by atoms with E-state index >= 15 is 0 Å². The Labute approximate surface area is 186 Å². The van der Waals surface area contributed by atoms with Crippen LogP contribution in [-0.2, 0) is 12.7 Å². The Kier molecular flexibility index (Phi) is 5.82. The molecular formula is C23H18F3N5O2. The van der Waals surface area contributed by atoms with Crippen LogP contribution in [0.25, 0.3) is 11.4 Å². The highest BCUT2D eigenvalue weighted by molar-refractivity contribution is 5.92. The number of amides is 1. The predicted octanol–water partition coefficient (Wildman–Crippen LogP) is 3.68. The fourth-order valence-electron chi connectivity index (χ4n) is 3.23. The molecule has 0 saturated heterocycles. The average Bonchev–Trinajstić information content (AvgIpc) is 3.32.